The van der Waals surface area contributed by atoms with Gasteiger partial charge in [-0.15, -0.1) is 0 Å². The minimum absolute atomic E-state index is 0.283. The molecule has 124 valence electrons. The molecule has 22 heavy (non-hydrogen) atoms. The summed E-state index contributed by atoms with van der Waals surface area (Å²) in [7, 11) is -1.63. The zero-order valence-corrected chi connectivity index (χ0v) is 13.8. The lowest BCUT2D eigenvalue weighted by molar-refractivity contribution is 0.152. The second kappa shape index (κ2) is 8.01. The fourth-order valence-corrected chi connectivity index (χ4v) is 3.63. The summed E-state index contributed by atoms with van der Waals surface area (Å²) < 4.78 is 39.9. The van der Waals surface area contributed by atoms with Crippen LogP contribution in [0.3, 0.4) is 0 Å². The molecule has 2 rings (SSSR count). The van der Waals surface area contributed by atoms with Crippen LogP contribution in [0.2, 0.25) is 0 Å². The molecule has 0 amide bonds. The Labute approximate surface area is 132 Å². The first kappa shape index (κ1) is 17.3. The van der Waals surface area contributed by atoms with E-state index in [1.807, 2.05) is 0 Å². The monoisotopic (exact) mass is 329 g/mol. The molecule has 1 fully saturated rings. The first-order chi connectivity index (χ1) is 10.5. The van der Waals surface area contributed by atoms with Gasteiger partial charge in [-0.05, 0) is 38.6 Å². The number of likely N-dealkylation sites (N-methyl/N-ethyl adjacent to an activating group) is 1. The highest BCUT2D eigenvalue weighted by Crippen LogP contribution is 2.13. The van der Waals surface area contributed by atoms with Crippen molar-refractivity contribution in [1.29, 1.82) is 0 Å². The molecule has 0 spiro atoms. The molecule has 1 aliphatic rings. The standard InChI is InChI=1S/C15H24FN3O2S/c1-18-10-12-19(13-11-18)9-5-4-8-17-22(20,21)15-7-3-2-6-14(15)16/h2-3,6-7,17H,4-5,8-13H2,1H3. The molecular formula is C15H24FN3O2S. The van der Waals surface area contributed by atoms with Crippen LogP contribution in [0, 0.1) is 5.82 Å². The zero-order valence-electron chi connectivity index (χ0n) is 13.0. The van der Waals surface area contributed by atoms with Gasteiger partial charge in [-0.3, -0.25) is 0 Å². The van der Waals surface area contributed by atoms with Gasteiger partial charge < -0.3 is 9.80 Å². The molecule has 1 heterocycles. The second-order valence-electron chi connectivity index (χ2n) is 5.68. The van der Waals surface area contributed by atoms with E-state index in [1.165, 1.54) is 18.2 Å². The summed E-state index contributed by atoms with van der Waals surface area (Å²) in [4.78, 5) is 4.42. The lowest BCUT2D eigenvalue weighted by Crippen LogP contribution is -2.44. The maximum Gasteiger partial charge on any atom is 0.243 e. The molecule has 1 saturated heterocycles. The summed E-state index contributed by atoms with van der Waals surface area (Å²) in [6, 6.07) is 5.43. The van der Waals surface area contributed by atoms with Crippen LogP contribution in [0.5, 0.6) is 0 Å². The van der Waals surface area contributed by atoms with E-state index < -0.39 is 15.8 Å². The number of nitrogens with zero attached hydrogens (tertiary/aromatic N) is 2. The SMILES string of the molecule is CN1CCN(CCCCNS(=O)(=O)c2ccccc2F)CC1. The van der Waals surface area contributed by atoms with Crippen LogP contribution in [0.4, 0.5) is 4.39 Å². The van der Waals surface area contributed by atoms with Crippen LogP contribution in [-0.2, 0) is 10.0 Å². The van der Waals surface area contributed by atoms with Gasteiger partial charge in [-0.25, -0.2) is 17.5 Å². The van der Waals surface area contributed by atoms with Gasteiger partial charge in [0.1, 0.15) is 10.7 Å². The van der Waals surface area contributed by atoms with Crippen LogP contribution < -0.4 is 4.72 Å². The van der Waals surface area contributed by atoms with Gasteiger partial charge in [-0.2, -0.15) is 0 Å². The van der Waals surface area contributed by atoms with Crippen LogP contribution in [-0.4, -0.2) is 64.5 Å². The smallest absolute Gasteiger partial charge is 0.243 e. The molecule has 0 aliphatic carbocycles. The maximum absolute atomic E-state index is 13.5. The van der Waals surface area contributed by atoms with Crippen molar-refractivity contribution < 1.29 is 12.8 Å². The van der Waals surface area contributed by atoms with E-state index >= 15 is 0 Å². The highest BCUT2D eigenvalue weighted by Gasteiger charge is 2.17. The Bertz CT molecular complexity index is 572. The number of sulfonamides is 1. The van der Waals surface area contributed by atoms with Gasteiger partial charge in [0, 0.05) is 32.7 Å². The molecule has 1 aromatic rings. The van der Waals surface area contributed by atoms with E-state index in [0.717, 1.165) is 51.6 Å². The Morgan fingerprint density at radius 2 is 1.82 bits per heavy atom. The Balaban J connectivity index is 1.69. The molecule has 5 nitrogen and oxygen atoms in total. The van der Waals surface area contributed by atoms with Crippen molar-refractivity contribution in [3.8, 4) is 0 Å². The Morgan fingerprint density at radius 3 is 2.50 bits per heavy atom. The third-order valence-corrected chi connectivity index (χ3v) is 5.41. The summed E-state index contributed by atoms with van der Waals surface area (Å²) in [6.45, 7) is 5.62. The van der Waals surface area contributed by atoms with Gasteiger partial charge in [0.25, 0.3) is 0 Å². The number of unbranched alkanes of at least 4 members (excludes halogenated alkanes) is 1. The number of halogens is 1. The van der Waals surface area contributed by atoms with E-state index in [2.05, 4.69) is 21.6 Å². The molecular weight excluding hydrogens is 305 g/mol. The predicted octanol–water partition coefficient (Wildman–Crippen LogP) is 1.13. The first-order valence-electron chi connectivity index (χ1n) is 7.64. The van der Waals surface area contributed by atoms with Gasteiger partial charge in [-0.1, -0.05) is 12.1 Å². The van der Waals surface area contributed by atoms with Gasteiger partial charge in [0.2, 0.25) is 10.0 Å². The van der Waals surface area contributed by atoms with Crippen molar-refractivity contribution in [3.05, 3.63) is 30.1 Å². The summed E-state index contributed by atoms with van der Waals surface area (Å²) in [5.74, 6) is -0.715. The van der Waals surface area contributed by atoms with E-state index in [0.29, 0.717) is 6.54 Å². The van der Waals surface area contributed by atoms with E-state index in [9.17, 15) is 12.8 Å². The van der Waals surface area contributed by atoms with E-state index in [-0.39, 0.29) is 4.90 Å². The molecule has 0 saturated carbocycles. The van der Waals surface area contributed by atoms with Crippen molar-refractivity contribution in [1.82, 2.24) is 14.5 Å². The van der Waals surface area contributed by atoms with Crippen molar-refractivity contribution >= 4 is 10.0 Å². The molecule has 1 aliphatic heterocycles. The number of piperazine rings is 1. The summed E-state index contributed by atoms with van der Waals surface area (Å²) in [5, 5.41) is 0. The van der Waals surface area contributed by atoms with E-state index in [1.54, 1.807) is 0 Å². The summed E-state index contributed by atoms with van der Waals surface area (Å²) in [6.07, 6.45) is 1.68. The minimum atomic E-state index is -3.75. The van der Waals surface area contributed by atoms with Crippen molar-refractivity contribution in [2.75, 3.05) is 46.3 Å². The molecule has 0 aromatic heterocycles. The van der Waals surface area contributed by atoms with Crippen LogP contribution >= 0.6 is 0 Å². The van der Waals surface area contributed by atoms with Crippen LogP contribution in [0.1, 0.15) is 12.8 Å². The molecule has 0 radical (unpaired) electrons. The normalized spacial score (nSPS) is 17.7. The zero-order chi connectivity index (χ0) is 16.0. The van der Waals surface area contributed by atoms with Gasteiger partial charge in [0.05, 0.1) is 0 Å². The molecule has 1 N–H and O–H groups in total. The number of benzene rings is 1. The molecule has 1 aromatic carbocycles. The Morgan fingerprint density at radius 1 is 1.14 bits per heavy atom. The van der Waals surface area contributed by atoms with Gasteiger partial charge >= 0.3 is 0 Å². The van der Waals surface area contributed by atoms with Crippen molar-refractivity contribution in [3.63, 3.8) is 0 Å². The van der Waals surface area contributed by atoms with Crippen molar-refractivity contribution in [2.45, 2.75) is 17.7 Å². The maximum atomic E-state index is 13.5. The highest BCUT2D eigenvalue weighted by molar-refractivity contribution is 7.89. The lowest BCUT2D eigenvalue weighted by Gasteiger charge is -2.32. The van der Waals surface area contributed by atoms with Crippen LogP contribution in [0.15, 0.2) is 29.2 Å². The minimum Gasteiger partial charge on any atom is -0.304 e. The first-order valence-corrected chi connectivity index (χ1v) is 9.12. The fourth-order valence-electron chi connectivity index (χ4n) is 2.48. The Kier molecular flexibility index (Phi) is 6.31. The molecule has 7 heteroatoms. The topological polar surface area (TPSA) is 52.6 Å². The quantitative estimate of drug-likeness (QED) is 0.762. The lowest BCUT2D eigenvalue weighted by atomic mass is 10.2. The van der Waals surface area contributed by atoms with E-state index in [4.69, 9.17) is 0 Å². The molecule has 0 bridgehead atoms. The molecule has 0 atom stereocenters. The van der Waals surface area contributed by atoms with Crippen molar-refractivity contribution in [2.24, 2.45) is 0 Å². The summed E-state index contributed by atoms with van der Waals surface area (Å²) >= 11 is 0. The highest BCUT2D eigenvalue weighted by atomic mass is 32.2. The van der Waals surface area contributed by atoms with Crippen LogP contribution in [0.25, 0.3) is 0 Å². The van der Waals surface area contributed by atoms with Gasteiger partial charge in [0.15, 0.2) is 0 Å². The average molecular weight is 329 g/mol. The number of rotatable bonds is 7. The number of hydrogen-bond acceptors (Lipinski definition) is 4. The number of hydrogen-bond donors (Lipinski definition) is 1. The second-order valence-corrected chi connectivity index (χ2v) is 7.42. The third-order valence-electron chi connectivity index (χ3n) is 3.92. The number of nitrogens with one attached hydrogen (secondary N) is 1. The third kappa shape index (κ3) is 5.01. The predicted molar refractivity (Wildman–Crippen MR) is 84.8 cm³/mol. The molecule has 0 unspecified atom stereocenters. The summed E-state index contributed by atoms with van der Waals surface area (Å²) in [5.41, 5.74) is 0. The Hall–Kier alpha value is -1.02. The fraction of sp³-hybridized carbons (Fsp3) is 0.600. The average Bonchev–Trinajstić information content (AvgIpc) is 2.49. The largest absolute Gasteiger partial charge is 0.304 e.